The summed E-state index contributed by atoms with van der Waals surface area (Å²) in [6.07, 6.45) is 0. The van der Waals surface area contributed by atoms with Crippen molar-refractivity contribution < 1.29 is 9.53 Å². The van der Waals surface area contributed by atoms with Crippen molar-refractivity contribution in [3.8, 4) is 6.07 Å². The van der Waals surface area contributed by atoms with E-state index >= 15 is 0 Å². The van der Waals surface area contributed by atoms with Crippen LogP contribution < -0.4 is 4.90 Å². The normalized spacial score (nSPS) is 14.9. The molecule has 0 saturated carbocycles. The van der Waals surface area contributed by atoms with Crippen LogP contribution in [0, 0.1) is 18.3 Å². The van der Waals surface area contributed by atoms with Gasteiger partial charge in [-0.1, -0.05) is 0 Å². The van der Waals surface area contributed by atoms with Gasteiger partial charge in [-0.2, -0.15) is 5.26 Å². The fourth-order valence-electron chi connectivity index (χ4n) is 2.77. The minimum Gasteiger partial charge on any atom is -0.378 e. The third kappa shape index (κ3) is 2.53. The summed E-state index contributed by atoms with van der Waals surface area (Å²) in [6, 6.07) is 7.78. The molecule has 0 bridgehead atoms. The third-order valence-corrected chi connectivity index (χ3v) is 3.88. The Morgan fingerprint density at radius 3 is 2.68 bits per heavy atom. The van der Waals surface area contributed by atoms with Crippen LogP contribution in [0.15, 0.2) is 18.2 Å². The molecule has 0 aliphatic carbocycles. The molecule has 5 nitrogen and oxygen atoms in total. The van der Waals surface area contributed by atoms with Gasteiger partial charge in [0.05, 0.1) is 30.4 Å². The van der Waals surface area contributed by atoms with E-state index < -0.39 is 0 Å². The first-order valence-electron chi connectivity index (χ1n) is 7.29. The van der Waals surface area contributed by atoms with E-state index in [0.717, 1.165) is 29.9 Å². The van der Waals surface area contributed by atoms with E-state index in [1.807, 2.05) is 19.1 Å². The van der Waals surface area contributed by atoms with Gasteiger partial charge in [-0.05, 0) is 37.6 Å². The number of ether oxygens (including phenoxy) is 1. The maximum absolute atomic E-state index is 11.9. The second-order valence-corrected chi connectivity index (χ2v) is 5.50. The first-order chi connectivity index (χ1) is 10.6. The van der Waals surface area contributed by atoms with Crippen LogP contribution in [0.1, 0.15) is 28.4 Å². The highest BCUT2D eigenvalue weighted by molar-refractivity contribution is 6.07. The number of aromatic nitrogens is 1. The molecule has 2 aromatic rings. The zero-order valence-corrected chi connectivity index (χ0v) is 12.7. The van der Waals surface area contributed by atoms with Gasteiger partial charge in [-0.3, -0.25) is 4.79 Å². The van der Waals surface area contributed by atoms with Gasteiger partial charge in [0.15, 0.2) is 5.78 Å². The van der Waals surface area contributed by atoms with E-state index in [0.29, 0.717) is 29.9 Å². The molecule has 2 heterocycles. The number of hydrogen-bond acceptors (Lipinski definition) is 5. The van der Waals surface area contributed by atoms with Crippen molar-refractivity contribution in [2.75, 3.05) is 31.2 Å². The largest absolute Gasteiger partial charge is 0.378 e. The summed E-state index contributed by atoms with van der Waals surface area (Å²) < 4.78 is 5.35. The molecule has 22 heavy (non-hydrogen) atoms. The maximum atomic E-state index is 11.9. The highest BCUT2D eigenvalue weighted by Crippen LogP contribution is 2.27. The topological polar surface area (TPSA) is 66.2 Å². The van der Waals surface area contributed by atoms with Crippen LogP contribution in [0.3, 0.4) is 0 Å². The molecule has 1 aliphatic rings. The van der Waals surface area contributed by atoms with Crippen molar-refractivity contribution in [3.63, 3.8) is 0 Å². The Hall–Kier alpha value is -2.45. The van der Waals surface area contributed by atoms with Crippen LogP contribution in [-0.2, 0) is 4.74 Å². The van der Waals surface area contributed by atoms with Gasteiger partial charge in [0.25, 0.3) is 0 Å². The fraction of sp³-hybridized carbons (Fsp3) is 0.353. The number of nitriles is 1. The average molecular weight is 295 g/mol. The number of benzene rings is 1. The Morgan fingerprint density at radius 1 is 1.32 bits per heavy atom. The molecule has 112 valence electrons. The van der Waals surface area contributed by atoms with Crippen molar-refractivity contribution >= 4 is 22.5 Å². The minimum absolute atomic E-state index is 0.0378. The molecular formula is C17H17N3O2. The van der Waals surface area contributed by atoms with E-state index in [4.69, 9.17) is 4.74 Å². The monoisotopic (exact) mass is 295 g/mol. The van der Waals surface area contributed by atoms with E-state index in [9.17, 15) is 10.1 Å². The Balaban J connectivity index is 2.25. The number of morpholine rings is 1. The van der Waals surface area contributed by atoms with Crippen LogP contribution in [0.5, 0.6) is 0 Å². The lowest BCUT2D eigenvalue weighted by atomic mass is 10.00. The number of pyridine rings is 1. The molecule has 1 aliphatic heterocycles. The van der Waals surface area contributed by atoms with Gasteiger partial charge < -0.3 is 9.64 Å². The summed E-state index contributed by atoms with van der Waals surface area (Å²) >= 11 is 0. The number of aryl methyl sites for hydroxylation is 1. The lowest BCUT2D eigenvalue weighted by molar-refractivity contribution is 0.101. The summed E-state index contributed by atoms with van der Waals surface area (Å²) in [5, 5.41) is 10.2. The number of hydrogen-bond donors (Lipinski definition) is 0. The summed E-state index contributed by atoms with van der Waals surface area (Å²) in [5.74, 6) is 0.697. The first-order valence-corrected chi connectivity index (χ1v) is 7.29. The number of ketones is 1. The standard InChI is InChI=1S/C17H17N3O2/c1-11-7-14(12(2)21)17-15(8-11)13(10-18)9-16(19-17)20-3-5-22-6-4-20/h7-9H,3-6H2,1-2H3. The van der Waals surface area contributed by atoms with Gasteiger partial charge in [0.2, 0.25) is 0 Å². The Morgan fingerprint density at radius 2 is 2.05 bits per heavy atom. The van der Waals surface area contributed by atoms with Crippen LogP contribution in [0.2, 0.25) is 0 Å². The lowest BCUT2D eigenvalue weighted by Gasteiger charge is -2.28. The number of rotatable bonds is 2. The molecule has 1 saturated heterocycles. The van der Waals surface area contributed by atoms with Gasteiger partial charge in [0, 0.05) is 24.0 Å². The number of carbonyl (C=O) groups excluding carboxylic acids is 1. The second-order valence-electron chi connectivity index (χ2n) is 5.50. The number of fused-ring (bicyclic) bond motifs is 1. The maximum Gasteiger partial charge on any atom is 0.162 e. The number of Topliss-reactive ketones (excluding diaryl/α,β-unsaturated/α-hetero) is 1. The molecular weight excluding hydrogens is 278 g/mol. The molecule has 1 aromatic carbocycles. The molecule has 0 atom stereocenters. The summed E-state index contributed by atoms with van der Waals surface area (Å²) in [7, 11) is 0. The molecule has 0 N–H and O–H groups in total. The Kier molecular flexibility index (Phi) is 3.78. The summed E-state index contributed by atoms with van der Waals surface area (Å²) in [5.41, 5.74) is 2.69. The Bertz CT molecular complexity index is 787. The van der Waals surface area contributed by atoms with Crippen molar-refractivity contribution in [3.05, 3.63) is 34.9 Å². The van der Waals surface area contributed by atoms with Gasteiger partial charge >= 0.3 is 0 Å². The van der Waals surface area contributed by atoms with Crippen LogP contribution in [-0.4, -0.2) is 37.1 Å². The highest BCUT2D eigenvalue weighted by atomic mass is 16.5. The van der Waals surface area contributed by atoms with Gasteiger partial charge in [0.1, 0.15) is 5.82 Å². The van der Waals surface area contributed by atoms with Crippen molar-refractivity contribution in [2.24, 2.45) is 0 Å². The first kappa shape index (κ1) is 14.5. The second kappa shape index (κ2) is 5.74. The van der Waals surface area contributed by atoms with Crippen molar-refractivity contribution in [2.45, 2.75) is 13.8 Å². The zero-order chi connectivity index (χ0) is 15.7. The Labute approximate surface area is 129 Å². The predicted octanol–water partition coefficient (Wildman–Crippen LogP) is 2.45. The van der Waals surface area contributed by atoms with Crippen LogP contribution in [0.25, 0.3) is 10.9 Å². The van der Waals surface area contributed by atoms with Crippen molar-refractivity contribution in [1.29, 1.82) is 5.26 Å². The summed E-state index contributed by atoms with van der Waals surface area (Å²) in [6.45, 7) is 6.23. The molecule has 0 unspecified atom stereocenters. The summed E-state index contributed by atoms with van der Waals surface area (Å²) in [4.78, 5) is 18.7. The zero-order valence-electron chi connectivity index (χ0n) is 12.7. The predicted molar refractivity (Wildman–Crippen MR) is 84.2 cm³/mol. The minimum atomic E-state index is -0.0378. The molecule has 3 rings (SSSR count). The van der Waals surface area contributed by atoms with Crippen LogP contribution in [0.4, 0.5) is 5.82 Å². The number of nitrogens with zero attached hydrogens (tertiary/aromatic N) is 3. The lowest BCUT2D eigenvalue weighted by Crippen LogP contribution is -2.36. The van der Waals surface area contributed by atoms with Crippen molar-refractivity contribution in [1.82, 2.24) is 4.98 Å². The molecule has 1 aromatic heterocycles. The van der Waals surface area contributed by atoms with E-state index in [2.05, 4.69) is 16.0 Å². The number of carbonyl (C=O) groups is 1. The number of anilines is 1. The van der Waals surface area contributed by atoms with Gasteiger partial charge in [-0.15, -0.1) is 0 Å². The molecule has 0 amide bonds. The smallest absolute Gasteiger partial charge is 0.162 e. The quantitative estimate of drug-likeness (QED) is 0.796. The molecule has 5 heteroatoms. The molecule has 1 fully saturated rings. The van der Waals surface area contributed by atoms with Crippen LogP contribution >= 0.6 is 0 Å². The molecule has 0 spiro atoms. The fourth-order valence-corrected chi connectivity index (χ4v) is 2.77. The van der Waals surface area contributed by atoms with E-state index in [-0.39, 0.29) is 5.78 Å². The SMILES string of the molecule is CC(=O)c1cc(C)cc2c(C#N)cc(N3CCOCC3)nc12. The highest BCUT2D eigenvalue weighted by Gasteiger charge is 2.18. The third-order valence-electron chi connectivity index (χ3n) is 3.88. The van der Waals surface area contributed by atoms with E-state index in [1.165, 1.54) is 6.92 Å². The molecule has 0 radical (unpaired) electrons. The van der Waals surface area contributed by atoms with Gasteiger partial charge in [-0.25, -0.2) is 4.98 Å². The van der Waals surface area contributed by atoms with E-state index in [1.54, 1.807) is 6.07 Å². The average Bonchev–Trinajstić information content (AvgIpc) is 2.53.